The van der Waals surface area contributed by atoms with Crippen molar-refractivity contribution in [2.45, 2.75) is 20.8 Å². The standard InChI is InChI=1S/C16H13N3O.C2H6/c1-10-7-12(8-17)16(19)14(9-18)15(10)11-3-5-13(20-2)6-4-11;1-2/h3-7H,19H2,1-2H3;1-2H3. The van der Waals surface area contributed by atoms with Crippen LogP contribution in [0.25, 0.3) is 11.1 Å². The highest BCUT2D eigenvalue weighted by Crippen LogP contribution is 2.33. The van der Waals surface area contributed by atoms with Gasteiger partial charge in [-0.3, -0.25) is 0 Å². The minimum Gasteiger partial charge on any atom is -0.497 e. The van der Waals surface area contributed by atoms with Crippen LogP contribution in [0.3, 0.4) is 0 Å². The number of methoxy groups -OCH3 is 1. The molecular formula is C18H19N3O. The van der Waals surface area contributed by atoms with Crippen molar-refractivity contribution < 1.29 is 4.74 Å². The van der Waals surface area contributed by atoms with Gasteiger partial charge in [0, 0.05) is 5.56 Å². The molecule has 0 aromatic heterocycles. The smallest absolute Gasteiger partial charge is 0.118 e. The minimum atomic E-state index is 0.228. The molecular weight excluding hydrogens is 274 g/mol. The lowest BCUT2D eigenvalue weighted by molar-refractivity contribution is 0.415. The van der Waals surface area contributed by atoms with Crippen LogP contribution in [0.4, 0.5) is 5.69 Å². The van der Waals surface area contributed by atoms with Crippen molar-refractivity contribution >= 4 is 5.69 Å². The second-order valence-electron chi connectivity index (χ2n) is 4.36. The highest BCUT2D eigenvalue weighted by atomic mass is 16.5. The first-order valence-electron chi connectivity index (χ1n) is 7.00. The second kappa shape index (κ2) is 7.71. The first-order chi connectivity index (χ1) is 10.6. The van der Waals surface area contributed by atoms with Crippen LogP contribution in [0.1, 0.15) is 30.5 Å². The van der Waals surface area contributed by atoms with E-state index in [4.69, 9.17) is 15.7 Å². The van der Waals surface area contributed by atoms with Crippen LogP contribution in [0, 0.1) is 29.6 Å². The normalized spacial score (nSPS) is 9.00. The number of nitrogens with two attached hydrogens (primary N) is 1. The third kappa shape index (κ3) is 3.19. The maximum atomic E-state index is 9.34. The molecule has 2 aromatic rings. The Kier molecular flexibility index (Phi) is 5.98. The summed E-state index contributed by atoms with van der Waals surface area (Å²) in [4.78, 5) is 0. The lowest BCUT2D eigenvalue weighted by Gasteiger charge is -2.12. The van der Waals surface area contributed by atoms with Gasteiger partial charge in [0.15, 0.2) is 0 Å². The quantitative estimate of drug-likeness (QED) is 0.847. The Morgan fingerprint density at radius 3 is 2.09 bits per heavy atom. The molecule has 22 heavy (non-hydrogen) atoms. The predicted octanol–water partition coefficient (Wildman–Crippen LogP) is 4.02. The molecule has 0 atom stereocenters. The van der Waals surface area contributed by atoms with E-state index >= 15 is 0 Å². The van der Waals surface area contributed by atoms with Gasteiger partial charge in [0.2, 0.25) is 0 Å². The van der Waals surface area contributed by atoms with Crippen LogP contribution in [0.5, 0.6) is 5.75 Å². The van der Waals surface area contributed by atoms with E-state index in [1.54, 1.807) is 13.2 Å². The van der Waals surface area contributed by atoms with Gasteiger partial charge in [0.25, 0.3) is 0 Å². The number of hydrogen-bond acceptors (Lipinski definition) is 4. The maximum Gasteiger partial charge on any atom is 0.118 e. The lowest BCUT2D eigenvalue weighted by Crippen LogP contribution is -2.00. The van der Waals surface area contributed by atoms with Crippen LogP contribution >= 0.6 is 0 Å². The highest BCUT2D eigenvalue weighted by Gasteiger charge is 2.15. The van der Waals surface area contributed by atoms with Gasteiger partial charge in [-0.2, -0.15) is 10.5 Å². The van der Waals surface area contributed by atoms with Crippen molar-refractivity contribution in [1.82, 2.24) is 0 Å². The Bertz CT molecular complexity index is 735. The average Bonchev–Trinajstić information content (AvgIpc) is 2.58. The Morgan fingerprint density at radius 2 is 1.64 bits per heavy atom. The predicted molar refractivity (Wildman–Crippen MR) is 88.4 cm³/mol. The van der Waals surface area contributed by atoms with Crippen LogP contribution < -0.4 is 10.5 Å². The Labute approximate surface area is 131 Å². The van der Waals surface area contributed by atoms with E-state index in [-0.39, 0.29) is 5.69 Å². The van der Waals surface area contributed by atoms with Gasteiger partial charge in [0.1, 0.15) is 17.9 Å². The molecule has 0 saturated heterocycles. The third-order valence-electron chi connectivity index (χ3n) is 3.18. The number of anilines is 1. The largest absolute Gasteiger partial charge is 0.497 e. The molecule has 4 nitrogen and oxygen atoms in total. The van der Waals surface area contributed by atoms with E-state index in [9.17, 15) is 5.26 Å². The topological polar surface area (TPSA) is 82.8 Å². The molecule has 0 saturated carbocycles. The first kappa shape index (κ1) is 17.1. The van der Waals surface area contributed by atoms with E-state index in [2.05, 4.69) is 6.07 Å². The van der Waals surface area contributed by atoms with E-state index in [1.165, 1.54) is 0 Å². The molecule has 0 bridgehead atoms. The molecule has 2 aromatic carbocycles. The van der Waals surface area contributed by atoms with Crippen LogP contribution in [0.15, 0.2) is 30.3 Å². The van der Waals surface area contributed by atoms with Gasteiger partial charge in [-0.15, -0.1) is 0 Å². The summed E-state index contributed by atoms with van der Waals surface area (Å²) in [5, 5.41) is 18.4. The summed E-state index contributed by atoms with van der Waals surface area (Å²) in [6.45, 7) is 5.86. The van der Waals surface area contributed by atoms with Crippen molar-refractivity contribution in [2.75, 3.05) is 12.8 Å². The van der Waals surface area contributed by atoms with Crippen LogP contribution in [-0.4, -0.2) is 7.11 Å². The molecule has 0 aliphatic heterocycles. The van der Waals surface area contributed by atoms with E-state index < -0.39 is 0 Å². The molecule has 4 heteroatoms. The summed E-state index contributed by atoms with van der Waals surface area (Å²) < 4.78 is 5.12. The number of benzene rings is 2. The van der Waals surface area contributed by atoms with Gasteiger partial charge >= 0.3 is 0 Å². The number of nitriles is 2. The fraction of sp³-hybridized carbons (Fsp3) is 0.222. The molecule has 0 amide bonds. The van der Waals surface area contributed by atoms with Crippen molar-refractivity contribution in [3.8, 4) is 29.0 Å². The monoisotopic (exact) mass is 293 g/mol. The summed E-state index contributed by atoms with van der Waals surface area (Å²) in [5.41, 5.74) is 9.27. The van der Waals surface area contributed by atoms with Crippen LogP contribution in [-0.2, 0) is 0 Å². The van der Waals surface area contributed by atoms with Crippen molar-refractivity contribution in [2.24, 2.45) is 0 Å². The molecule has 0 fully saturated rings. The maximum absolute atomic E-state index is 9.34. The van der Waals surface area contributed by atoms with Gasteiger partial charge in [-0.1, -0.05) is 26.0 Å². The zero-order valence-corrected chi connectivity index (χ0v) is 13.3. The third-order valence-corrected chi connectivity index (χ3v) is 3.18. The van der Waals surface area contributed by atoms with Crippen molar-refractivity contribution in [3.63, 3.8) is 0 Å². The summed E-state index contributed by atoms with van der Waals surface area (Å²) in [5.74, 6) is 0.742. The number of nitrogens with zero attached hydrogens (tertiary/aromatic N) is 2. The molecule has 0 spiro atoms. The number of rotatable bonds is 2. The SMILES string of the molecule is CC.COc1ccc(-c2c(C)cc(C#N)c(N)c2C#N)cc1. The molecule has 2 N–H and O–H groups in total. The fourth-order valence-electron chi connectivity index (χ4n) is 2.17. The molecule has 0 radical (unpaired) electrons. The molecule has 0 aliphatic rings. The Balaban J connectivity index is 0.00000116. The zero-order valence-electron chi connectivity index (χ0n) is 13.3. The minimum absolute atomic E-state index is 0.228. The van der Waals surface area contributed by atoms with E-state index in [1.807, 2.05) is 51.1 Å². The van der Waals surface area contributed by atoms with Gasteiger partial charge < -0.3 is 10.5 Å². The number of hydrogen-bond donors (Lipinski definition) is 1. The molecule has 0 unspecified atom stereocenters. The van der Waals surface area contributed by atoms with Crippen molar-refractivity contribution in [1.29, 1.82) is 10.5 Å². The molecule has 2 rings (SSSR count). The van der Waals surface area contributed by atoms with Gasteiger partial charge in [0.05, 0.1) is 23.9 Å². The average molecular weight is 293 g/mol. The summed E-state index contributed by atoms with van der Waals surface area (Å²) in [7, 11) is 1.60. The Morgan fingerprint density at radius 1 is 1.05 bits per heavy atom. The van der Waals surface area contributed by atoms with E-state index in [0.717, 1.165) is 22.4 Å². The number of ether oxygens (including phenoxy) is 1. The number of nitrogen functional groups attached to an aromatic ring is 1. The molecule has 0 aliphatic carbocycles. The first-order valence-corrected chi connectivity index (χ1v) is 7.00. The fourth-order valence-corrected chi connectivity index (χ4v) is 2.17. The summed E-state index contributed by atoms with van der Waals surface area (Å²) in [6, 6.07) is 13.2. The van der Waals surface area contributed by atoms with Crippen molar-refractivity contribution in [3.05, 3.63) is 47.0 Å². The molecule has 112 valence electrons. The molecule has 0 heterocycles. The zero-order chi connectivity index (χ0) is 16.7. The Hall–Kier alpha value is -2.98. The van der Waals surface area contributed by atoms with Gasteiger partial charge in [-0.25, -0.2) is 0 Å². The van der Waals surface area contributed by atoms with Crippen LogP contribution in [0.2, 0.25) is 0 Å². The van der Waals surface area contributed by atoms with E-state index in [0.29, 0.717) is 11.1 Å². The highest BCUT2D eigenvalue weighted by molar-refractivity contribution is 5.82. The lowest BCUT2D eigenvalue weighted by atomic mass is 9.92. The summed E-state index contributed by atoms with van der Waals surface area (Å²) >= 11 is 0. The van der Waals surface area contributed by atoms with Gasteiger partial charge in [-0.05, 0) is 36.2 Å². The number of aryl methyl sites for hydroxylation is 1. The summed E-state index contributed by atoms with van der Waals surface area (Å²) in [6.07, 6.45) is 0. The second-order valence-corrected chi connectivity index (χ2v) is 4.36.